The molecule has 6 nitrogen and oxygen atoms in total. The van der Waals surface area contributed by atoms with Gasteiger partial charge in [0.05, 0.1) is 16.7 Å². The topological polar surface area (TPSA) is 73.2 Å². The van der Waals surface area contributed by atoms with Crippen LogP contribution in [0.5, 0.6) is 0 Å². The highest BCUT2D eigenvalue weighted by molar-refractivity contribution is 7.17. The average Bonchev–Trinajstić information content (AvgIpc) is 3.24. The number of nitrogens with one attached hydrogen (secondary N) is 1. The number of fused-ring (bicyclic) bond motifs is 1. The summed E-state index contributed by atoms with van der Waals surface area (Å²) in [5.41, 5.74) is -0.922. The molecule has 0 saturated heterocycles. The zero-order valence-electron chi connectivity index (χ0n) is 17.6. The van der Waals surface area contributed by atoms with Crippen LogP contribution in [0.1, 0.15) is 84.7 Å². The summed E-state index contributed by atoms with van der Waals surface area (Å²) in [4.78, 5) is 26.6. The first-order valence-electron chi connectivity index (χ1n) is 10.0. The van der Waals surface area contributed by atoms with Crippen LogP contribution in [0.3, 0.4) is 0 Å². The molecule has 0 saturated carbocycles. The molecule has 1 unspecified atom stereocenters. The van der Waals surface area contributed by atoms with Crippen LogP contribution in [0.25, 0.3) is 0 Å². The third-order valence-electron chi connectivity index (χ3n) is 5.03. The molecule has 1 amide bonds. The molecule has 2 heterocycles. The van der Waals surface area contributed by atoms with Gasteiger partial charge in [-0.05, 0) is 52.0 Å². The second kappa shape index (κ2) is 9.78. The maximum absolute atomic E-state index is 13.5. The van der Waals surface area contributed by atoms with Crippen molar-refractivity contribution in [3.05, 3.63) is 32.4 Å². The number of carbonyl (C=O) groups excluding carboxylic acids is 2. The molecule has 2 aromatic rings. The second-order valence-electron chi connectivity index (χ2n) is 7.66. The van der Waals surface area contributed by atoms with Gasteiger partial charge in [-0.25, -0.2) is 27.0 Å². The molecule has 1 aliphatic carbocycles. The van der Waals surface area contributed by atoms with Gasteiger partial charge < -0.3 is 10.1 Å². The van der Waals surface area contributed by atoms with Gasteiger partial charge in [-0.1, -0.05) is 11.6 Å². The first kappa shape index (κ1) is 24.5. The summed E-state index contributed by atoms with van der Waals surface area (Å²) < 4.78 is 59.0. The van der Waals surface area contributed by atoms with E-state index >= 15 is 0 Å². The minimum Gasteiger partial charge on any atom is -0.459 e. The fourth-order valence-electron chi connectivity index (χ4n) is 3.55. The smallest absolute Gasteiger partial charge is 0.341 e. The van der Waals surface area contributed by atoms with Crippen molar-refractivity contribution in [3.8, 4) is 0 Å². The number of hydrogen-bond acceptors (Lipinski definition) is 5. The van der Waals surface area contributed by atoms with Crippen LogP contribution in [0.4, 0.5) is 22.6 Å². The number of aryl methyl sites for hydroxylation is 1. The monoisotopic (exact) mass is 495 g/mol. The zero-order chi connectivity index (χ0) is 23.7. The number of anilines is 1. The van der Waals surface area contributed by atoms with E-state index in [1.165, 1.54) is 18.3 Å². The minimum absolute atomic E-state index is 0.241. The summed E-state index contributed by atoms with van der Waals surface area (Å²) in [6.07, 6.45) is -3.55. The lowest BCUT2D eigenvalue weighted by molar-refractivity contribution is -0.119. The largest absolute Gasteiger partial charge is 0.459 e. The van der Waals surface area contributed by atoms with Crippen LogP contribution >= 0.6 is 22.9 Å². The Morgan fingerprint density at radius 3 is 2.38 bits per heavy atom. The Bertz CT molecular complexity index is 1020. The van der Waals surface area contributed by atoms with Crippen molar-refractivity contribution in [2.24, 2.45) is 0 Å². The van der Waals surface area contributed by atoms with E-state index in [0.717, 1.165) is 29.7 Å². The van der Waals surface area contributed by atoms with E-state index in [4.69, 9.17) is 16.3 Å². The van der Waals surface area contributed by atoms with Gasteiger partial charge in [0.2, 0.25) is 5.91 Å². The molecular weight excluding hydrogens is 474 g/mol. The van der Waals surface area contributed by atoms with Crippen molar-refractivity contribution in [2.45, 2.75) is 71.5 Å². The van der Waals surface area contributed by atoms with Crippen LogP contribution in [0, 0.1) is 0 Å². The Morgan fingerprint density at radius 1 is 1.12 bits per heavy atom. The van der Waals surface area contributed by atoms with Crippen LogP contribution in [-0.2, 0) is 22.4 Å². The molecule has 1 aliphatic rings. The van der Waals surface area contributed by atoms with E-state index in [1.807, 2.05) is 0 Å². The number of carbonyl (C=O) groups is 2. The Balaban J connectivity index is 1.95. The number of thiophene rings is 1. The third kappa shape index (κ3) is 4.78. The van der Waals surface area contributed by atoms with Gasteiger partial charge in [-0.15, -0.1) is 11.3 Å². The zero-order valence-corrected chi connectivity index (χ0v) is 19.1. The summed E-state index contributed by atoms with van der Waals surface area (Å²) >= 11 is 6.90. The predicted octanol–water partition coefficient (Wildman–Crippen LogP) is 6.12. The van der Waals surface area contributed by atoms with Crippen molar-refractivity contribution in [2.75, 3.05) is 5.32 Å². The Kier molecular flexibility index (Phi) is 7.49. The SMILES string of the molecule is CC(C)OC(=O)c1c(NC(=O)C(C)n2nc(C(F)F)c(Cl)c2C(F)F)sc2c1CCCC2. The van der Waals surface area contributed by atoms with Crippen molar-refractivity contribution in [3.63, 3.8) is 0 Å². The molecule has 2 aromatic heterocycles. The predicted molar refractivity (Wildman–Crippen MR) is 112 cm³/mol. The lowest BCUT2D eigenvalue weighted by atomic mass is 9.95. The van der Waals surface area contributed by atoms with Gasteiger partial charge in [-0.2, -0.15) is 5.10 Å². The number of halogens is 5. The van der Waals surface area contributed by atoms with E-state index in [2.05, 4.69) is 10.4 Å². The number of esters is 1. The highest BCUT2D eigenvalue weighted by Crippen LogP contribution is 2.40. The third-order valence-corrected chi connectivity index (χ3v) is 6.62. The number of amides is 1. The fourth-order valence-corrected chi connectivity index (χ4v) is 5.12. The molecule has 0 spiro atoms. The summed E-state index contributed by atoms with van der Waals surface area (Å²) in [5, 5.41) is 5.42. The van der Waals surface area contributed by atoms with Crippen molar-refractivity contribution in [1.29, 1.82) is 0 Å². The normalized spacial score (nSPS) is 14.7. The van der Waals surface area contributed by atoms with Crippen LogP contribution < -0.4 is 5.32 Å². The van der Waals surface area contributed by atoms with E-state index < -0.39 is 47.2 Å². The average molecular weight is 496 g/mol. The molecule has 1 atom stereocenters. The maximum Gasteiger partial charge on any atom is 0.341 e. The molecule has 3 rings (SSSR count). The quantitative estimate of drug-likeness (QED) is 0.371. The minimum atomic E-state index is -3.22. The molecule has 0 aliphatic heterocycles. The van der Waals surface area contributed by atoms with Crippen LogP contribution in [0.15, 0.2) is 0 Å². The summed E-state index contributed by atoms with van der Waals surface area (Å²) in [6, 6.07) is -1.39. The Labute approximate surface area is 190 Å². The summed E-state index contributed by atoms with van der Waals surface area (Å²) in [5.74, 6) is -1.39. The first-order valence-corrected chi connectivity index (χ1v) is 11.2. The standard InChI is InChI=1S/C20H22ClF4N3O3S/c1-8(2)31-20(30)12-10-6-4-5-7-11(10)32-19(12)26-18(29)9(3)28-15(17(24)25)13(21)14(27-28)16(22)23/h8-9,16-17H,4-7H2,1-3H3,(H,26,29). The first-order chi connectivity index (χ1) is 15.0. The van der Waals surface area contributed by atoms with Crippen LogP contribution in [-0.4, -0.2) is 27.8 Å². The Hall–Kier alpha value is -2.14. The second-order valence-corrected chi connectivity index (χ2v) is 9.15. The summed E-state index contributed by atoms with van der Waals surface area (Å²) in [7, 11) is 0. The van der Waals surface area contributed by atoms with E-state index in [9.17, 15) is 27.2 Å². The lowest BCUT2D eigenvalue weighted by Crippen LogP contribution is -2.26. The van der Waals surface area contributed by atoms with Crippen molar-refractivity contribution >= 4 is 39.8 Å². The molecular formula is C20H22ClF4N3O3S. The molecule has 1 N–H and O–H groups in total. The molecule has 176 valence electrons. The van der Waals surface area contributed by atoms with Gasteiger partial charge in [0.25, 0.3) is 12.9 Å². The van der Waals surface area contributed by atoms with E-state index in [1.54, 1.807) is 13.8 Å². The lowest BCUT2D eigenvalue weighted by Gasteiger charge is -2.16. The van der Waals surface area contributed by atoms with Gasteiger partial charge in [0.1, 0.15) is 22.4 Å². The van der Waals surface area contributed by atoms with E-state index in [-0.39, 0.29) is 16.7 Å². The number of rotatable bonds is 7. The van der Waals surface area contributed by atoms with Crippen molar-refractivity contribution in [1.82, 2.24) is 9.78 Å². The van der Waals surface area contributed by atoms with Gasteiger partial charge in [0.15, 0.2) is 0 Å². The van der Waals surface area contributed by atoms with Gasteiger partial charge >= 0.3 is 5.97 Å². The van der Waals surface area contributed by atoms with E-state index in [0.29, 0.717) is 11.1 Å². The highest BCUT2D eigenvalue weighted by Gasteiger charge is 2.33. The van der Waals surface area contributed by atoms with Crippen molar-refractivity contribution < 1.29 is 31.9 Å². The molecule has 0 aromatic carbocycles. The number of hydrogen-bond donors (Lipinski definition) is 1. The number of nitrogens with zero attached hydrogens (tertiary/aromatic N) is 2. The number of aromatic nitrogens is 2. The molecule has 12 heteroatoms. The molecule has 0 radical (unpaired) electrons. The molecule has 0 fully saturated rings. The number of ether oxygens (including phenoxy) is 1. The maximum atomic E-state index is 13.5. The van der Waals surface area contributed by atoms with Gasteiger partial charge in [-0.3, -0.25) is 4.79 Å². The number of alkyl halides is 4. The fraction of sp³-hybridized carbons (Fsp3) is 0.550. The van der Waals surface area contributed by atoms with Gasteiger partial charge in [0, 0.05) is 4.88 Å². The molecule has 32 heavy (non-hydrogen) atoms. The molecule has 0 bridgehead atoms. The van der Waals surface area contributed by atoms with Crippen LogP contribution in [0.2, 0.25) is 5.02 Å². The highest BCUT2D eigenvalue weighted by atomic mass is 35.5. The summed E-state index contributed by atoms with van der Waals surface area (Å²) in [6.45, 7) is 4.63. The Morgan fingerprint density at radius 2 is 1.78 bits per heavy atom.